The van der Waals surface area contributed by atoms with Crippen molar-refractivity contribution in [3.05, 3.63) is 0 Å². The second-order valence-corrected chi connectivity index (χ2v) is 15.7. The maximum Gasteiger partial charge on any atom is 0.234 e. The molecule has 210 valence electrons. The Hall–Kier alpha value is -0.240. The van der Waals surface area contributed by atoms with E-state index < -0.39 is 17.4 Å². The van der Waals surface area contributed by atoms with E-state index in [1.165, 1.54) is 0 Å². The van der Waals surface area contributed by atoms with Gasteiger partial charge < -0.3 is 0 Å². The maximum atomic E-state index is 6.22. The van der Waals surface area contributed by atoms with Crippen LogP contribution in [0.5, 0.6) is 0 Å². The van der Waals surface area contributed by atoms with E-state index in [1.807, 2.05) is 0 Å². The van der Waals surface area contributed by atoms with Crippen molar-refractivity contribution in [3.8, 4) is 0 Å². The van der Waals surface area contributed by atoms with E-state index in [-0.39, 0.29) is 16.2 Å². The van der Waals surface area contributed by atoms with E-state index in [0.29, 0.717) is 17.8 Å². The number of hydrogen-bond acceptors (Lipinski definition) is 6. The van der Waals surface area contributed by atoms with Crippen LogP contribution in [0.1, 0.15) is 139 Å². The van der Waals surface area contributed by atoms with Crippen LogP contribution in [0.15, 0.2) is 0 Å². The standard InChI is InChI=1S/C30H54O6/c1-25(2,3)22-10-16-28(17-11-22)31-33-29(18-12-23(13-19-29)26(4,5)6)35-36-30(34-32-28)20-14-24(15-21-30)27(7,8)9/h22-24H,10-21H2,1-9H3. The first-order chi connectivity index (χ1) is 16.6. The van der Waals surface area contributed by atoms with Crippen molar-refractivity contribution in [2.45, 2.75) is 157 Å². The van der Waals surface area contributed by atoms with Crippen molar-refractivity contribution in [1.82, 2.24) is 0 Å². The second-order valence-electron chi connectivity index (χ2n) is 15.7. The summed E-state index contributed by atoms with van der Waals surface area (Å²) in [5.74, 6) is -0.949. The molecule has 0 radical (unpaired) electrons. The van der Waals surface area contributed by atoms with E-state index in [1.54, 1.807) is 0 Å². The van der Waals surface area contributed by atoms with Gasteiger partial charge in [-0.25, -0.2) is 0 Å². The van der Waals surface area contributed by atoms with E-state index in [9.17, 15) is 0 Å². The quantitative estimate of drug-likeness (QED) is 0.304. The first-order valence-electron chi connectivity index (χ1n) is 14.7. The van der Waals surface area contributed by atoms with E-state index in [0.717, 1.165) is 77.0 Å². The van der Waals surface area contributed by atoms with Crippen molar-refractivity contribution in [2.75, 3.05) is 0 Å². The van der Waals surface area contributed by atoms with Crippen LogP contribution in [0, 0.1) is 34.0 Å². The molecule has 1 saturated heterocycles. The van der Waals surface area contributed by atoms with Crippen LogP contribution >= 0.6 is 0 Å². The molecule has 0 aromatic rings. The van der Waals surface area contributed by atoms with Gasteiger partial charge in [0.2, 0.25) is 17.4 Å². The highest BCUT2D eigenvalue weighted by molar-refractivity contribution is 4.89. The highest BCUT2D eigenvalue weighted by Crippen LogP contribution is 2.51. The Kier molecular flexibility index (Phi) is 8.04. The van der Waals surface area contributed by atoms with Gasteiger partial charge in [0.15, 0.2) is 0 Å². The molecular formula is C30H54O6. The van der Waals surface area contributed by atoms with Crippen molar-refractivity contribution in [2.24, 2.45) is 34.0 Å². The Balaban J connectivity index is 1.53. The van der Waals surface area contributed by atoms with Crippen LogP contribution in [0.25, 0.3) is 0 Å². The molecular weight excluding hydrogens is 456 g/mol. The molecule has 0 atom stereocenters. The Morgan fingerprint density at radius 1 is 0.361 bits per heavy atom. The molecule has 0 aromatic heterocycles. The predicted octanol–water partition coefficient (Wildman–Crippen LogP) is 8.64. The lowest BCUT2D eigenvalue weighted by atomic mass is 9.71. The second kappa shape index (κ2) is 10.1. The van der Waals surface area contributed by atoms with Crippen LogP contribution in [0.3, 0.4) is 0 Å². The fourth-order valence-electron chi connectivity index (χ4n) is 6.77. The summed E-state index contributed by atoms with van der Waals surface area (Å²) in [6, 6.07) is 0. The fourth-order valence-corrected chi connectivity index (χ4v) is 6.77. The molecule has 6 heteroatoms. The lowest BCUT2D eigenvalue weighted by Crippen LogP contribution is -2.47. The van der Waals surface area contributed by atoms with Crippen LogP contribution in [0.2, 0.25) is 0 Å². The third-order valence-corrected chi connectivity index (χ3v) is 9.95. The summed E-state index contributed by atoms with van der Waals surface area (Å²) in [6.07, 6.45) is 10.5. The molecule has 0 aromatic carbocycles. The van der Waals surface area contributed by atoms with Gasteiger partial charge >= 0.3 is 0 Å². The number of hydrogen-bond donors (Lipinski definition) is 0. The summed E-state index contributed by atoms with van der Waals surface area (Å²) in [7, 11) is 0. The smallest absolute Gasteiger partial charge is 0.195 e. The summed E-state index contributed by atoms with van der Waals surface area (Å²) in [5.41, 5.74) is 0.771. The highest BCUT2D eigenvalue weighted by Gasteiger charge is 2.53. The first kappa shape index (κ1) is 28.8. The van der Waals surface area contributed by atoms with E-state index in [4.69, 9.17) is 29.3 Å². The summed E-state index contributed by atoms with van der Waals surface area (Å²) < 4.78 is 0. The SMILES string of the molecule is CC(C)(C)C1CCC2(CC1)OOC1(CCC(C(C)(C)C)CC1)OOC1(CCC(C(C)(C)C)CC1)OO2. The molecule has 3 aliphatic carbocycles. The Morgan fingerprint density at radius 2 is 0.528 bits per heavy atom. The van der Waals surface area contributed by atoms with E-state index >= 15 is 0 Å². The minimum Gasteiger partial charge on any atom is -0.195 e. The Labute approximate surface area is 220 Å². The lowest BCUT2D eigenvalue weighted by Gasteiger charge is -2.44. The fraction of sp³-hybridized carbons (Fsp3) is 1.00. The minimum atomic E-state index is -0.930. The third kappa shape index (κ3) is 6.48. The molecule has 3 saturated carbocycles. The lowest BCUT2D eigenvalue weighted by molar-refractivity contribution is -0.556. The van der Waals surface area contributed by atoms with Crippen LogP contribution in [0.4, 0.5) is 0 Å². The van der Waals surface area contributed by atoms with Crippen LogP contribution in [-0.4, -0.2) is 17.4 Å². The van der Waals surface area contributed by atoms with Gasteiger partial charge in [0.25, 0.3) is 0 Å². The normalized spacial score (nSPS) is 41.8. The molecule has 36 heavy (non-hydrogen) atoms. The molecule has 4 aliphatic rings. The highest BCUT2D eigenvalue weighted by atomic mass is 17.4. The molecule has 0 N–H and O–H groups in total. The van der Waals surface area contributed by atoms with Gasteiger partial charge in [-0.2, -0.15) is 29.3 Å². The zero-order valence-corrected chi connectivity index (χ0v) is 24.7. The topological polar surface area (TPSA) is 55.4 Å². The molecule has 3 spiro atoms. The molecule has 4 fully saturated rings. The monoisotopic (exact) mass is 510 g/mol. The van der Waals surface area contributed by atoms with Crippen molar-refractivity contribution in [3.63, 3.8) is 0 Å². The number of rotatable bonds is 0. The first-order valence-corrected chi connectivity index (χ1v) is 14.7. The van der Waals surface area contributed by atoms with Gasteiger partial charge in [-0.05, 0) is 72.5 Å². The van der Waals surface area contributed by atoms with Gasteiger partial charge in [0.1, 0.15) is 0 Å². The molecule has 0 amide bonds. The minimum absolute atomic E-state index is 0.257. The molecule has 4 rings (SSSR count). The van der Waals surface area contributed by atoms with E-state index in [2.05, 4.69) is 62.3 Å². The van der Waals surface area contributed by atoms with Crippen molar-refractivity contribution >= 4 is 0 Å². The van der Waals surface area contributed by atoms with Crippen molar-refractivity contribution in [1.29, 1.82) is 0 Å². The molecule has 0 unspecified atom stereocenters. The van der Waals surface area contributed by atoms with Gasteiger partial charge in [-0.15, -0.1) is 0 Å². The van der Waals surface area contributed by atoms with Gasteiger partial charge in [0.05, 0.1) is 0 Å². The predicted molar refractivity (Wildman–Crippen MR) is 139 cm³/mol. The summed E-state index contributed by atoms with van der Waals surface area (Å²) in [4.78, 5) is 37.3. The average Bonchev–Trinajstić information content (AvgIpc) is 2.84. The van der Waals surface area contributed by atoms with Gasteiger partial charge in [-0.1, -0.05) is 62.3 Å². The zero-order valence-electron chi connectivity index (χ0n) is 24.7. The Morgan fingerprint density at radius 3 is 0.667 bits per heavy atom. The van der Waals surface area contributed by atoms with Crippen LogP contribution < -0.4 is 0 Å². The van der Waals surface area contributed by atoms with Crippen molar-refractivity contribution < 1.29 is 29.3 Å². The maximum absolute atomic E-state index is 6.22. The summed E-state index contributed by atoms with van der Waals surface area (Å²) >= 11 is 0. The molecule has 1 heterocycles. The molecule has 0 bridgehead atoms. The summed E-state index contributed by atoms with van der Waals surface area (Å²) in [6.45, 7) is 20.9. The zero-order chi connectivity index (χ0) is 26.5. The van der Waals surface area contributed by atoms with Gasteiger partial charge in [0, 0.05) is 38.5 Å². The molecule has 6 nitrogen and oxygen atoms in total. The Bertz CT molecular complexity index is 600. The largest absolute Gasteiger partial charge is 0.234 e. The summed E-state index contributed by atoms with van der Waals surface area (Å²) in [5, 5.41) is 0. The van der Waals surface area contributed by atoms with Crippen LogP contribution in [-0.2, 0) is 29.3 Å². The molecule has 1 aliphatic heterocycles. The van der Waals surface area contributed by atoms with Gasteiger partial charge in [-0.3, -0.25) is 0 Å². The third-order valence-electron chi connectivity index (χ3n) is 9.95. The average molecular weight is 511 g/mol.